The van der Waals surface area contributed by atoms with E-state index in [-0.39, 0.29) is 0 Å². The molecule has 2 heterocycles. The molecule has 1 N–H and O–H groups in total. The summed E-state index contributed by atoms with van der Waals surface area (Å²) < 4.78 is 0. The topological polar surface area (TPSA) is 15.3 Å². The van der Waals surface area contributed by atoms with Gasteiger partial charge in [0.25, 0.3) is 0 Å². The Kier molecular flexibility index (Phi) is 5.19. The van der Waals surface area contributed by atoms with Crippen molar-refractivity contribution in [2.24, 2.45) is 5.41 Å². The number of piperidine rings is 1. The molecule has 0 aromatic heterocycles. The highest BCUT2D eigenvalue weighted by molar-refractivity contribution is 7.99. The number of nitrogens with one attached hydrogen (secondary N) is 1. The van der Waals surface area contributed by atoms with Crippen molar-refractivity contribution in [3.8, 4) is 0 Å². The molecule has 0 bridgehead atoms. The van der Waals surface area contributed by atoms with Crippen molar-refractivity contribution in [3.63, 3.8) is 0 Å². The van der Waals surface area contributed by atoms with E-state index >= 15 is 0 Å². The zero-order valence-corrected chi connectivity index (χ0v) is 12.3. The minimum Gasteiger partial charge on any atom is -0.317 e. The molecule has 0 aromatic carbocycles. The third-order valence-corrected chi connectivity index (χ3v) is 5.70. The van der Waals surface area contributed by atoms with Crippen LogP contribution in [-0.2, 0) is 0 Å². The molecule has 2 fully saturated rings. The normalized spacial score (nSPS) is 28.8. The lowest BCUT2D eigenvalue weighted by Gasteiger charge is -2.42. The van der Waals surface area contributed by atoms with Crippen LogP contribution in [0.15, 0.2) is 0 Å². The standard InChI is InChI=1S/C14H28N2S/c1-3-5-14(6-8-15-9-7-14)12-16(2)13-4-10-17-11-13/h13,15H,3-12H2,1-2H3. The van der Waals surface area contributed by atoms with Gasteiger partial charge < -0.3 is 10.2 Å². The number of hydrogen-bond donors (Lipinski definition) is 1. The van der Waals surface area contributed by atoms with Gasteiger partial charge in [0.05, 0.1) is 0 Å². The molecule has 2 saturated heterocycles. The highest BCUT2D eigenvalue weighted by Crippen LogP contribution is 2.36. The summed E-state index contributed by atoms with van der Waals surface area (Å²) in [7, 11) is 2.36. The van der Waals surface area contributed by atoms with Crippen LogP contribution in [0.2, 0.25) is 0 Å². The molecule has 2 aliphatic rings. The molecule has 0 amide bonds. The third kappa shape index (κ3) is 3.62. The summed E-state index contributed by atoms with van der Waals surface area (Å²) in [5.41, 5.74) is 0.613. The Labute approximate surface area is 111 Å². The Morgan fingerprint density at radius 3 is 2.71 bits per heavy atom. The monoisotopic (exact) mass is 256 g/mol. The van der Waals surface area contributed by atoms with Crippen LogP contribution in [0.5, 0.6) is 0 Å². The average molecular weight is 256 g/mol. The van der Waals surface area contributed by atoms with Gasteiger partial charge in [0.15, 0.2) is 0 Å². The molecule has 0 radical (unpaired) electrons. The van der Waals surface area contributed by atoms with Crippen LogP contribution in [0.1, 0.15) is 39.0 Å². The minimum absolute atomic E-state index is 0.613. The summed E-state index contributed by atoms with van der Waals surface area (Å²) in [6.07, 6.45) is 6.92. The lowest BCUT2D eigenvalue weighted by atomic mass is 9.75. The largest absolute Gasteiger partial charge is 0.317 e. The van der Waals surface area contributed by atoms with Gasteiger partial charge in [0, 0.05) is 18.3 Å². The van der Waals surface area contributed by atoms with Crippen molar-refractivity contribution in [1.82, 2.24) is 10.2 Å². The van der Waals surface area contributed by atoms with Gasteiger partial charge >= 0.3 is 0 Å². The molecule has 2 aliphatic heterocycles. The van der Waals surface area contributed by atoms with E-state index in [0.29, 0.717) is 5.41 Å². The smallest absolute Gasteiger partial charge is 0.0191 e. The van der Waals surface area contributed by atoms with Crippen LogP contribution in [0.3, 0.4) is 0 Å². The number of hydrogen-bond acceptors (Lipinski definition) is 3. The zero-order chi connectivity index (χ0) is 12.1. The maximum Gasteiger partial charge on any atom is 0.0191 e. The van der Waals surface area contributed by atoms with Crippen LogP contribution >= 0.6 is 11.8 Å². The molecule has 3 heteroatoms. The first-order valence-corrected chi connectivity index (χ1v) is 8.40. The van der Waals surface area contributed by atoms with E-state index in [4.69, 9.17) is 0 Å². The van der Waals surface area contributed by atoms with Crippen molar-refractivity contribution in [1.29, 1.82) is 0 Å². The van der Waals surface area contributed by atoms with E-state index in [0.717, 1.165) is 6.04 Å². The van der Waals surface area contributed by atoms with E-state index < -0.39 is 0 Å². The Morgan fingerprint density at radius 2 is 2.12 bits per heavy atom. The number of nitrogens with zero attached hydrogens (tertiary/aromatic N) is 1. The second-order valence-electron chi connectivity index (χ2n) is 5.93. The first kappa shape index (κ1) is 13.7. The van der Waals surface area contributed by atoms with Gasteiger partial charge in [0.2, 0.25) is 0 Å². The maximum absolute atomic E-state index is 3.52. The fraction of sp³-hybridized carbons (Fsp3) is 1.00. The van der Waals surface area contributed by atoms with Gasteiger partial charge in [-0.1, -0.05) is 13.3 Å². The van der Waals surface area contributed by atoms with Crippen LogP contribution in [0.25, 0.3) is 0 Å². The minimum atomic E-state index is 0.613. The summed E-state index contributed by atoms with van der Waals surface area (Å²) in [6.45, 7) is 6.13. The fourth-order valence-corrected chi connectivity index (χ4v) is 4.80. The first-order chi connectivity index (χ1) is 8.26. The van der Waals surface area contributed by atoms with Crippen LogP contribution in [-0.4, -0.2) is 49.1 Å². The molecule has 0 saturated carbocycles. The highest BCUT2D eigenvalue weighted by atomic mass is 32.2. The summed E-state index contributed by atoms with van der Waals surface area (Å²) in [6, 6.07) is 0.851. The van der Waals surface area contributed by atoms with Gasteiger partial charge in [-0.05, 0) is 57.0 Å². The van der Waals surface area contributed by atoms with Crippen molar-refractivity contribution in [3.05, 3.63) is 0 Å². The third-order valence-electron chi connectivity index (χ3n) is 4.56. The Morgan fingerprint density at radius 1 is 1.35 bits per heavy atom. The molecule has 0 aliphatic carbocycles. The second kappa shape index (κ2) is 6.44. The lowest BCUT2D eigenvalue weighted by Crippen LogP contribution is -2.46. The van der Waals surface area contributed by atoms with Crippen molar-refractivity contribution in [2.75, 3.05) is 38.2 Å². The first-order valence-electron chi connectivity index (χ1n) is 7.24. The van der Waals surface area contributed by atoms with Gasteiger partial charge in [-0.15, -0.1) is 0 Å². The van der Waals surface area contributed by atoms with Gasteiger partial charge in [-0.3, -0.25) is 0 Å². The molecular formula is C14H28N2S. The summed E-state index contributed by atoms with van der Waals surface area (Å²) in [4.78, 5) is 2.67. The van der Waals surface area contributed by atoms with Crippen LogP contribution < -0.4 is 5.32 Å². The quantitative estimate of drug-likeness (QED) is 0.814. The maximum atomic E-state index is 3.52. The molecular weight excluding hydrogens is 228 g/mol. The lowest BCUT2D eigenvalue weighted by molar-refractivity contribution is 0.0972. The van der Waals surface area contributed by atoms with Crippen LogP contribution in [0, 0.1) is 5.41 Å². The van der Waals surface area contributed by atoms with Gasteiger partial charge in [0.1, 0.15) is 0 Å². The number of thioether (sulfide) groups is 1. The SMILES string of the molecule is CCCC1(CN(C)C2CCSC2)CCNCC1. The molecule has 2 nitrogen and oxygen atoms in total. The summed E-state index contributed by atoms with van der Waals surface area (Å²) in [5.74, 6) is 2.73. The second-order valence-corrected chi connectivity index (χ2v) is 7.08. The number of rotatable bonds is 5. The predicted molar refractivity (Wildman–Crippen MR) is 77.8 cm³/mol. The van der Waals surface area contributed by atoms with Gasteiger partial charge in [-0.2, -0.15) is 11.8 Å². The molecule has 0 aromatic rings. The van der Waals surface area contributed by atoms with E-state index in [2.05, 4.69) is 35.9 Å². The zero-order valence-electron chi connectivity index (χ0n) is 11.5. The molecule has 1 atom stereocenters. The highest BCUT2D eigenvalue weighted by Gasteiger charge is 2.34. The average Bonchev–Trinajstić information content (AvgIpc) is 2.84. The van der Waals surface area contributed by atoms with E-state index in [9.17, 15) is 0 Å². The molecule has 0 spiro atoms. The molecule has 2 rings (SSSR count). The molecule has 1 unspecified atom stereocenters. The van der Waals surface area contributed by atoms with E-state index in [1.807, 2.05) is 0 Å². The van der Waals surface area contributed by atoms with Crippen molar-refractivity contribution >= 4 is 11.8 Å². The van der Waals surface area contributed by atoms with Gasteiger partial charge in [-0.25, -0.2) is 0 Å². The van der Waals surface area contributed by atoms with Crippen LogP contribution in [0.4, 0.5) is 0 Å². The predicted octanol–water partition coefficient (Wildman–Crippen LogP) is 2.59. The summed E-state index contributed by atoms with van der Waals surface area (Å²) in [5, 5.41) is 3.52. The van der Waals surface area contributed by atoms with Crippen molar-refractivity contribution < 1.29 is 0 Å². The molecule has 17 heavy (non-hydrogen) atoms. The fourth-order valence-electron chi connectivity index (χ4n) is 3.50. The Balaban J connectivity index is 1.91. The molecule has 100 valence electrons. The Hall–Kier alpha value is 0.270. The Bertz CT molecular complexity index is 215. The van der Waals surface area contributed by atoms with E-state index in [1.165, 1.54) is 63.2 Å². The van der Waals surface area contributed by atoms with E-state index in [1.54, 1.807) is 0 Å². The summed E-state index contributed by atoms with van der Waals surface area (Å²) >= 11 is 2.13. The van der Waals surface area contributed by atoms with Crippen molar-refractivity contribution in [2.45, 2.75) is 45.1 Å².